The first kappa shape index (κ1) is 21.2. The molecule has 0 aliphatic carbocycles. The van der Waals surface area contributed by atoms with Crippen LogP contribution in [0.1, 0.15) is 75.7 Å². The quantitative estimate of drug-likeness (QED) is 0.516. The van der Waals surface area contributed by atoms with Gasteiger partial charge in [-0.15, -0.1) is 0 Å². The molecule has 0 saturated heterocycles. The molecule has 0 saturated carbocycles. The number of hydrogen-bond acceptors (Lipinski definition) is 3. The van der Waals surface area contributed by atoms with Gasteiger partial charge in [0, 0.05) is 11.7 Å². The lowest BCUT2D eigenvalue weighted by Crippen LogP contribution is -2.60. The molecule has 2 aromatic rings. The van der Waals surface area contributed by atoms with E-state index in [9.17, 15) is 4.79 Å². The van der Waals surface area contributed by atoms with E-state index in [0.29, 0.717) is 0 Å². The fourth-order valence-corrected chi connectivity index (χ4v) is 4.17. The zero-order valence-electron chi connectivity index (χ0n) is 18.2. The Morgan fingerprint density at radius 3 is 2.41 bits per heavy atom. The molecule has 4 heteroatoms. The normalized spacial score (nSPS) is 19.4. The molecule has 0 radical (unpaired) electrons. The van der Waals surface area contributed by atoms with Gasteiger partial charge >= 0.3 is 0 Å². The number of carbonyl (C=O) groups is 1. The maximum Gasteiger partial charge on any atom is 0.258 e. The highest BCUT2D eigenvalue weighted by molar-refractivity contribution is 6.02. The second kappa shape index (κ2) is 9.34. The number of rotatable bonds is 9. The summed E-state index contributed by atoms with van der Waals surface area (Å²) in [4.78, 5) is 15.5. The molecule has 1 aliphatic rings. The first-order valence-corrected chi connectivity index (χ1v) is 11.0. The van der Waals surface area contributed by atoms with Gasteiger partial charge < -0.3 is 15.0 Å². The number of nitrogens with zero attached hydrogens (tertiary/aromatic N) is 1. The molecule has 0 spiro atoms. The number of ether oxygens (including phenoxy) is 1. The fraction of sp³-hybridized carbons (Fsp3) is 0.480. The molecule has 2 aromatic carbocycles. The van der Waals surface area contributed by atoms with Crippen molar-refractivity contribution in [1.82, 2.24) is 4.90 Å². The van der Waals surface area contributed by atoms with Crippen LogP contribution in [0.5, 0.6) is 5.75 Å². The van der Waals surface area contributed by atoms with E-state index in [0.717, 1.165) is 48.4 Å². The van der Waals surface area contributed by atoms with Gasteiger partial charge in [0.15, 0.2) is 0 Å². The van der Waals surface area contributed by atoms with Gasteiger partial charge in [-0.25, -0.2) is 0 Å². The molecule has 1 heterocycles. The van der Waals surface area contributed by atoms with E-state index >= 15 is 0 Å². The minimum absolute atomic E-state index is 0.0930. The van der Waals surface area contributed by atoms with Crippen molar-refractivity contribution in [3.63, 3.8) is 0 Å². The van der Waals surface area contributed by atoms with Crippen LogP contribution in [0.3, 0.4) is 0 Å². The first-order valence-electron chi connectivity index (χ1n) is 11.0. The minimum atomic E-state index is -0.568. The van der Waals surface area contributed by atoms with Crippen LogP contribution in [0, 0.1) is 0 Å². The van der Waals surface area contributed by atoms with Crippen molar-refractivity contribution in [3.05, 3.63) is 59.7 Å². The monoisotopic (exact) mass is 394 g/mol. The Labute approximate surface area is 175 Å². The molecule has 0 aromatic heterocycles. The van der Waals surface area contributed by atoms with Crippen molar-refractivity contribution in [2.24, 2.45) is 0 Å². The number of anilines is 1. The third kappa shape index (κ3) is 4.12. The Hall–Kier alpha value is -2.49. The molecule has 0 fully saturated rings. The Balaban J connectivity index is 1.95. The third-order valence-corrected chi connectivity index (χ3v) is 6.02. The van der Waals surface area contributed by atoms with Crippen LogP contribution < -0.4 is 10.1 Å². The summed E-state index contributed by atoms with van der Waals surface area (Å²) < 4.78 is 5.89. The van der Waals surface area contributed by atoms with Crippen molar-refractivity contribution in [3.8, 4) is 5.75 Å². The van der Waals surface area contributed by atoms with Crippen LogP contribution in [0.2, 0.25) is 0 Å². The fourth-order valence-electron chi connectivity index (χ4n) is 4.17. The number of carbonyl (C=O) groups excluding carboxylic acids is 1. The molecule has 1 aliphatic heterocycles. The van der Waals surface area contributed by atoms with E-state index in [1.54, 1.807) is 0 Å². The maximum atomic E-state index is 13.5. The average Bonchev–Trinajstić information content (AvgIpc) is 2.76. The van der Waals surface area contributed by atoms with Gasteiger partial charge in [0.2, 0.25) is 0 Å². The highest BCUT2D eigenvalue weighted by atomic mass is 16.5. The summed E-state index contributed by atoms with van der Waals surface area (Å²) in [5.41, 5.74) is 2.16. The van der Waals surface area contributed by atoms with Crippen molar-refractivity contribution in [2.75, 3.05) is 11.9 Å². The number of fused-ring (bicyclic) bond motifs is 1. The molecule has 29 heavy (non-hydrogen) atoms. The van der Waals surface area contributed by atoms with Gasteiger partial charge in [-0.05, 0) is 56.0 Å². The van der Waals surface area contributed by atoms with Crippen molar-refractivity contribution >= 4 is 11.6 Å². The summed E-state index contributed by atoms with van der Waals surface area (Å²) in [6.07, 6.45) is 5.12. The standard InChI is InChI=1S/C25H34N2O2/c1-5-8-11-18-29-21-16-14-20(15-17-21)25(7-3)26-23-13-10-9-12-22(23)24(28)27(25)19(4)6-2/h9-10,12-17,19,26H,5-8,11,18H2,1-4H3. The predicted octanol–water partition coefficient (Wildman–Crippen LogP) is 6.18. The highest BCUT2D eigenvalue weighted by Crippen LogP contribution is 2.42. The largest absolute Gasteiger partial charge is 0.494 e. The zero-order valence-corrected chi connectivity index (χ0v) is 18.2. The lowest BCUT2D eigenvalue weighted by Gasteiger charge is -2.51. The molecule has 0 bridgehead atoms. The van der Waals surface area contributed by atoms with Gasteiger partial charge in [-0.3, -0.25) is 4.79 Å². The lowest BCUT2D eigenvalue weighted by atomic mass is 9.88. The van der Waals surface area contributed by atoms with E-state index in [1.807, 2.05) is 41.3 Å². The molecule has 4 nitrogen and oxygen atoms in total. The van der Waals surface area contributed by atoms with Gasteiger partial charge in [0.25, 0.3) is 5.91 Å². The van der Waals surface area contributed by atoms with Crippen LogP contribution in [0.15, 0.2) is 48.5 Å². The molecular weight excluding hydrogens is 360 g/mol. The van der Waals surface area contributed by atoms with E-state index in [1.165, 1.54) is 12.8 Å². The summed E-state index contributed by atoms with van der Waals surface area (Å²) in [5, 5.41) is 3.72. The Kier molecular flexibility index (Phi) is 6.83. The van der Waals surface area contributed by atoms with Gasteiger partial charge in [-0.1, -0.05) is 57.9 Å². The number of para-hydroxylation sites is 1. The summed E-state index contributed by atoms with van der Waals surface area (Å²) in [7, 11) is 0. The van der Waals surface area contributed by atoms with E-state index in [4.69, 9.17) is 4.74 Å². The van der Waals surface area contributed by atoms with E-state index in [-0.39, 0.29) is 11.9 Å². The Bertz CT molecular complexity index is 818. The SMILES string of the molecule is CCCCCOc1ccc(C2(CC)Nc3ccccc3C(=O)N2C(C)CC)cc1. The molecule has 3 rings (SSSR count). The number of nitrogens with one attached hydrogen (secondary N) is 1. The van der Waals surface area contributed by atoms with Crippen LogP contribution >= 0.6 is 0 Å². The molecule has 2 atom stereocenters. The van der Waals surface area contributed by atoms with Crippen molar-refractivity contribution < 1.29 is 9.53 Å². The van der Waals surface area contributed by atoms with Gasteiger partial charge in [-0.2, -0.15) is 0 Å². The van der Waals surface area contributed by atoms with E-state index < -0.39 is 5.66 Å². The highest BCUT2D eigenvalue weighted by Gasteiger charge is 2.46. The minimum Gasteiger partial charge on any atom is -0.494 e. The summed E-state index contributed by atoms with van der Waals surface area (Å²) in [6.45, 7) is 9.34. The zero-order chi connectivity index (χ0) is 20.9. The molecule has 2 unspecified atom stereocenters. The van der Waals surface area contributed by atoms with E-state index in [2.05, 4.69) is 45.1 Å². The van der Waals surface area contributed by atoms with Crippen molar-refractivity contribution in [1.29, 1.82) is 0 Å². The predicted molar refractivity (Wildman–Crippen MR) is 119 cm³/mol. The molecule has 1 N–H and O–H groups in total. The number of benzene rings is 2. The van der Waals surface area contributed by atoms with Crippen LogP contribution in [-0.4, -0.2) is 23.5 Å². The van der Waals surface area contributed by atoms with Crippen molar-refractivity contribution in [2.45, 2.75) is 71.5 Å². The first-order chi connectivity index (χ1) is 14.1. The summed E-state index contributed by atoms with van der Waals surface area (Å²) in [6, 6.07) is 16.2. The Morgan fingerprint density at radius 2 is 1.76 bits per heavy atom. The van der Waals surface area contributed by atoms with Gasteiger partial charge in [0.1, 0.15) is 11.4 Å². The number of hydrogen-bond donors (Lipinski definition) is 1. The second-order valence-electron chi connectivity index (χ2n) is 7.90. The van der Waals surface area contributed by atoms with Crippen LogP contribution in [0.4, 0.5) is 5.69 Å². The van der Waals surface area contributed by atoms with Gasteiger partial charge in [0.05, 0.1) is 12.2 Å². The summed E-state index contributed by atoms with van der Waals surface area (Å²) >= 11 is 0. The average molecular weight is 395 g/mol. The third-order valence-electron chi connectivity index (χ3n) is 6.02. The number of amides is 1. The molecule has 156 valence electrons. The van der Waals surface area contributed by atoms with Crippen LogP contribution in [-0.2, 0) is 5.66 Å². The lowest BCUT2D eigenvalue weighted by molar-refractivity contribution is 0.0335. The smallest absolute Gasteiger partial charge is 0.258 e. The molecular formula is C25H34N2O2. The Morgan fingerprint density at radius 1 is 1.03 bits per heavy atom. The topological polar surface area (TPSA) is 41.6 Å². The molecule has 1 amide bonds. The maximum absolute atomic E-state index is 13.5. The van der Waals surface area contributed by atoms with Crippen LogP contribution in [0.25, 0.3) is 0 Å². The number of unbranched alkanes of at least 4 members (excludes halogenated alkanes) is 2. The summed E-state index contributed by atoms with van der Waals surface area (Å²) in [5.74, 6) is 0.976. The second-order valence-corrected chi connectivity index (χ2v) is 7.90.